The maximum atomic E-state index is 13.1. The summed E-state index contributed by atoms with van der Waals surface area (Å²) in [7, 11) is 2.09. The zero-order valence-corrected chi connectivity index (χ0v) is 13.1. The van der Waals surface area contributed by atoms with Crippen LogP contribution in [0.2, 0.25) is 0 Å². The van der Waals surface area contributed by atoms with Crippen molar-refractivity contribution in [1.29, 1.82) is 0 Å². The Bertz CT molecular complexity index is 445. The van der Waals surface area contributed by atoms with Crippen LogP contribution in [-0.4, -0.2) is 36.6 Å². The minimum Gasteiger partial charge on any atom is -0.315 e. The molecule has 0 bridgehead atoms. The largest absolute Gasteiger partial charge is 0.315 e. The Morgan fingerprint density at radius 3 is 2.29 bits per heavy atom. The van der Waals surface area contributed by atoms with Gasteiger partial charge in [0.05, 0.1) is 0 Å². The van der Waals surface area contributed by atoms with E-state index in [-0.39, 0.29) is 5.82 Å². The average molecular weight is 290 g/mol. The van der Waals surface area contributed by atoms with E-state index in [1.807, 2.05) is 12.1 Å². The van der Waals surface area contributed by atoms with Crippen molar-refractivity contribution in [1.82, 2.24) is 10.2 Å². The lowest BCUT2D eigenvalue weighted by molar-refractivity contribution is 0.0798. The van der Waals surface area contributed by atoms with E-state index >= 15 is 0 Å². The molecule has 1 unspecified atom stereocenters. The van der Waals surface area contributed by atoms with Crippen molar-refractivity contribution in [3.8, 4) is 0 Å². The van der Waals surface area contributed by atoms with Crippen molar-refractivity contribution >= 4 is 0 Å². The Morgan fingerprint density at radius 2 is 1.71 bits per heavy atom. The van der Waals surface area contributed by atoms with Crippen LogP contribution in [0.3, 0.4) is 0 Å². The zero-order valence-electron chi connectivity index (χ0n) is 13.1. The lowest BCUT2D eigenvalue weighted by atomic mass is 9.82. The smallest absolute Gasteiger partial charge is 0.123 e. The molecule has 0 amide bonds. The van der Waals surface area contributed by atoms with Gasteiger partial charge in [0.2, 0.25) is 0 Å². The van der Waals surface area contributed by atoms with Gasteiger partial charge in [-0.25, -0.2) is 4.39 Å². The summed E-state index contributed by atoms with van der Waals surface area (Å²) in [5, 5.41) is 3.59. The predicted octanol–water partition coefficient (Wildman–Crippen LogP) is 3.36. The van der Waals surface area contributed by atoms with Gasteiger partial charge in [-0.15, -0.1) is 0 Å². The van der Waals surface area contributed by atoms with Gasteiger partial charge in [-0.3, -0.25) is 4.90 Å². The van der Waals surface area contributed by atoms with E-state index in [0.717, 1.165) is 6.42 Å². The summed E-state index contributed by atoms with van der Waals surface area (Å²) in [5.41, 5.74) is 1.56. The van der Waals surface area contributed by atoms with Crippen molar-refractivity contribution in [2.24, 2.45) is 0 Å². The first kappa shape index (κ1) is 15.0. The van der Waals surface area contributed by atoms with Crippen molar-refractivity contribution in [3.63, 3.8) is 0 Å². The maximum Gasteiger partial charge on any atom is 0.123 e. The molecule has 1 aromatic rings. The van der Waals surface area contributed by atoms with Crippen LogP contribution in [0.1, 0.15) is 44.1 Å². The Labute approximate surface area is 127 Å². The van der Waals surface area contributed by atoms with E-state index in [9.17, 15) is 4.39 Å². The molecule has 1 atom stereocenters. The summed E-state index contributed by atoms with van der Waals surface area (Å²) in [4.78, 5) is 2.74. The summed E-state index contributed by atoms with van der Waals surface area (Å²) in [5.74, 6) is -0.144. The molecule has 3 rings (SSSR count). The molecular weight excluding hydrogens is 263 g/mol. The highest BCUT2D eigenvalue weighted by Crippen LogP contribution is 2.40. The second-order valence-corrected chi connectivity index (χ2v) is 6.68. The summed E-state index contributed by atoms with van der Waals surface area (Å²) in [6.45, 7) is 2.50. The number of benzene rings is 1. The summed E-state index contributed by atoms with van der Waals surface area (Å²) >= 11 is 0. The molecule has 21 heavy (non-hydrogen) atoms. The molecule has 1 heterocycles. The number of halogens is 1. The van der Waals surface area contributed by atoms with Gasteiger partial charge < -0.3 is 5.32 Å². The first-order chi connectivity index (χ1) is 10.2. The maximum absolute atomic E-state index is 13.1. The standard InChI is InChI=1S/C18H27FN2/c1-20-17(14-15-6-8-16(19)9-7-15)18(10-2-3-11-18)21-12-4-5-13-21/h6-9,17,20H,2-5,10-14H2,1H3. The third-order valence-corrected chi connectivity index (χ3v) is 5.56. The van der Waals surface area contributed by atoms with Gasteiger partial charge in [-0.1, -0.05) is 25.0 Å². The Balaban J connectivity index is 1.80. The molecule has 1 saturated carbocycles. The molecule has 1 saturated heterocycles. The zero-order chi connectivity index (χ0) is 14.7. The lowest BCUT2D eigenvalue weighted by Gasteiger charge is -2.45. The molecule has 1 aliphatic carbocycles. The van der Waals surface area contributed by atoms with E-state index in [1.54, 1.807) is 12.1 Å². The van der Waals surface area contributed by atoms with E-state index in [4.69, 9.17) is 0 Å². The van der Waals surface area contributed by atoms with Crippen molar-refractivity contribution in [3.05, 3.63) is 35.6 Å². The van der Waals surface area contributed by atoms with Crippen LogP contribution < -0.4 is 5.32 Å². The van der Waals surface area contributed by atoms with E-state index < -0.39 is 0 Å². The normalized spacial score (nSPS) is 23.5. The summed E-state index contributed by atoms with van der Waals surface area (Å²) < 4.78 is 13.1. The Hall–Kier alpha value is -0.930. The topological polar surface area (TPSA) is 15.3 Å². The van der Waals surface area contributed by atoms with Crippen LogP contribution in [0.25, 0.3) is 0 Å². The first-order valence-electron chi connectivity index (χ1n) is 8.41. The highest BCUT2D eigenvalue weighted by Gasteiger charge is 2.45. The molecule has 1 N–H and O–H groups in total. The number of likely N-dealkylation sites (N-methyl/N-ethyl adjacent to an activating group) is 1. The van der Waals surface area contributed by atoms with Crippen LogP contribution in [0.15, 0.2) is 24.3 Å². The van der Waals surface area contributed by atoms with E-state index in [2.05, 4.69) is 17.3 Å². The highest BCUT2D eigenvalue weighted by molar-refractivity contribution is 5.19. The second-order valence-electron chi connectivity index (χ2n) is 6.68. The number of hydrogen-bond acceptors (Lipinski definition) is 2. The lowest BCUT2D eigenvalue weighted by Crippen LogP contribution is -2.59. The number of nitrogens with zero attached hydrogens (tertiary/aromatic N) is 1. The van der Waals surface area contributed by atoms with Gasteiger partial charge in [0, 0.05) is 11.6 Å². The second kappa shape index (κ2) is 6.45. The molecule has 0 spiro atoms. The fourth-order valence-corrected chi connectivity index (χ4v) is 4.45. The monoisotopic (exact) mass is 290 g/mol. The van der Waals surface area contributed by atoms with E-state index in [0.29, 0.717) is 11.6 Å². The molecule has 0 aromatic heterocycles. The minimum absolute atomic E-state index is 0.144. The SMILES string of the molecule is CNC(Cc1ccc(F)cc1)C1(N2CCCC2)CCCC1. The molecule has 2 fully saturated rings. The highest BCUT2D eigenvalue weighted by atomic mass is 19.1. The van der Waals surface area contributed by atoms with E-state index in [1.165, 1.54) is 57.2 Å². The van der Waals surface area contributed by atoms with Gasteiger partial charge in [0.25, 0.3) is 0 Å². The van der Waals surface area contributed by atoms with Crippen LogP contribution >= 0.6 is 0 Å². The third kappa shape index (κ3) is 3.00. The summed E-state index contributed by atoms with van der Waals surface area (Å²) in [6, 6.07) is 7.50. The quantitative estimate of drug-likeness (QED) is 0.894. The predicted molar refractivity (Wildman–Crippen MR) is 85.0 cm³/mol. The fraction of sp³-hybridized carbons (Fsp3) is 0.667. The number of rotatable bonds is 5. The Kier molecular flexibility index (Phi) is 4.60. The third-order valence-electron chi connectivity index (χ3n) is 5.56. The molecule has 1 aliphatic heterocycles. The molecule has 1 aromatic carbocycles. The molecule has 2 aliphatic rings. The molecule has 2 nitrogen and oxygen atoms in total. The Morgan fingerprint density at radius 1 is 1.10 bits per heavy atom. The number of hydrogen-bond donors (Lipinski definition) is 1. The molecule has 3 heteroatoms. The van der Waals surface area contributed by atoms with Crippen molar-refractivity contribution in [2.45, 2.75) is 56.5 Å². The van der Waals surface area contributed by atoms with Crippen LogP contribution in [-0.2, 0) is 6.42 Å². The van der Waals surface area contributed by atoms with Gasteiger partial charge in [0.1, 0.15) is 5.82 Å². The average Bonchev–Trinajstić information content (AvgIpc) is 3.18. The number of likely N-dealkylation sites (tertiary alicyclic amines) is 1. The first-order valence-corrected chi connectivity index (χ1v) is 8.41. The van der Waals surface area contributed by atoms with Crippen LogP contribution in [0.5, 0.6) is 0 Å². The van der Waals surface area contributed by atoms with Gasteiger partial charge in [-0.05, 0) is 69.9 Å². The molecular formula is C18H27FN2. The van der Waals surface area contributed by atoms with Gasteiger partial charge in [0.15, 0.2) is 0 Å². The number of nitrogens with one attached hydrogen (secondary N) is 1. The van der Waals surface area contributed by atoms with Crippen LogP contribution in [0, 0.1) is 5.82 Å². The molecule has 0 radical (unpaired) electrons. The van der Waals surface area contributed by atoms with Gasteiger partial charge in [-0.2, -0.15) is 0 Å². The minimum atomic E-state index is -0.144. The van der Waals surface area contributed by atoms with Gasteiger partial charge >= 0.3 is 0 Å². The van der Waals surface area contributed by atoms with Crippen LogP contribution in [0.4, 0.5) is 4.39 Å². The summed E-state index contributed by atoms with van der Waals surface area (Å²) in [6.07, 6.45) is 8.98. The fourth-order valence-electron chi connectivity index (χ4n) is 4.45. The molecule has 116 valence electrons. The van der Waals surface area contributed by atoms with Crippen molar-refractivity contribution in [2.75, 3.05) is 20.1 Å². The van der Waals surface area contributed by atoms with Crippen molar-refractivity contribution < 1.29 is 4.39 Å².